The molecule has 1 amide bonds. The fourth-order valence-electron chi connectivity index (χ4n) is 2.21. The van der Waals surface area contributed by atoms with Crippen LogP contribution in [0.5, 0.6) is 11.5 Å². The predicted molar refractivity (Wildman–Crippen MR) is 93.9 cm³/mol. The Morgan fingerprint density at radius 3 is 2.52 bits per heavy atom. The number of ether oxygens (including phenoxy) is 2. The molecule has 7 heteroatoms. The van der Waals surface area contributed by atoms with E-state index in [4.69, 9.17) is 9.47 Å². The lowest BCUT2D eigenvalue weighted by Gasteiger charge is -2.12. The number of non-ortho nitro benzene ring substituents is 1. The lowest BCUT2D eigenvalue weighted by atomic mass is 10.0. The Balaban J connectivity index is 2.28. The standard InChI is InChI=1S/C18H20N2O5/c1-3-10-19-18(21)12-25-17-9-6-14(20(22)23)11-16(17)13-4-7-15(24-2)8-5-13/h4-9,11H,3,10,12H2,1-2H3,(H,19,21). The van der Waals surface area contributed by atoms with Crippen LogP contribution in [0.2, 0.25) is 0 Å². The van der Waals surface area contributed by atoms with Gasteiger partial charge in [0, 0.05) is 24.2 Å². The van der Waals surface area contributed by atoms with E-state index in [0.29, 0.717) is 23.6 Å². The number of nitro groups is 1. The van der Waals surface area contributed by atoms with Crippen LogP contribution < -0.4 is 14.8 Å². The summed E-state index contributed by atoms with van der Waals surface area (Å²) in [5.41, 5.74) is 1.22. The topological polar surface area (TPSA) is 90.7 Å². The van der Waals surface area contributed by atoms with Crippen molar-refractivity contribution in [1.82, 2.24) is 5.32 Å². The van der Waals surface area contributed by atoms with Gasteiger partial charge in [-0.15, -0.1) is 0 Å². The van der Waals surface area contributed by atoms with Crippen molar-refractivity contribution in [3.8, 4) is 22.6 Å². The molecule has 132 valence electrons. The van der Waals surface area contributed by atoms with Crippen LogP contribution in [-0.4, -0.2) is 31.1 Å². The molecule has 0 unspecified atom stereocenters. The van der Waals surface area contributed by atoms with Gasteiger partial charge in [-0.25, -0.2) is 0 Å². The first kappa shape index (κ1) is 18.3. The Kier molecular flexibility index (Phi) is 6.33. The van der Waals surface area contributed by atoms with E-state index in [-0.39, 0.29) is 18.2 Å². The first-order valence-corrected chi connectivity index (χ1v) is 7.87. The van der Waals surface area contributed by atoms with Crippen LogP contribution in [0.15, 0.2) is 42.5 Å². The normalized spacial score (nSPS) is 10.2. The molecule has 0 fully saturated rings. The molecule has 0 spiro atoms. The quantitative estimate of drug-likeness (QED) is 0.587. The number of carbonyl (C=O) groups is 1. The number of rotatable bonds is 8. The largest absolute Gasteiger partial charge is 0.497 e. The summed E-state index contributed by atoms with van der Waals surface area (Å²) < 4.78 is 10.7. The lowest BCUT2D eigenvalue weighted by Crippen LogP contribution is -2.29. The van der Waals surface area contributed by atoms with Gasteiger partial charge in [-0.05, 0) is 30.2 Å². The van der Waals surface area contributed by atoms with E-state index >= 15 is 0 Å². The smallest absolute Gasteiger partial charge is 0.270 e. The van der Waals surface area contributed by atoms with Gasteiger partial charge in [0.2, 0.25) is 0 Å². The third-order valence-corrected chi connectivity index (χ3v) is 3.51. The Labute approximate surface area is 145 Å². The molecule has 0 bridgehead atoms. The summed E-state index contributed by atoms with van der Waals surface area (Å²) in [5, 5.41) is 13.8. The molecular weight excluding hydrogens is 324 g/mol. The molecule has 0 saturated carbocycles. The molecule has 0 saturated heterocycles. The minimum Gasteiger partial charge on any atom is -0.497 e. The van der Waals surface area contributed by atoms with Gasteiger partial charge in [0.05, 0.1) is 12.0 Å². The molecule has 25 heavy (non-hydrogen) atoms. The van der Waals surface area contributed by atoms with Gasteiger partial charge in [-0.3, -0.25) is 14.9 Å². The van der Waals surface area contributed by atoms with Crippen molar-refractivity contribution in [2.45, 2.75) is 13.3 Å². The Morgan fingerprint density at radius 2 is 1.92 bits per heavy atom. The maximum absolute atomic E-state index is 11.7. The van der Waals surface area contributed by atoms with Crippen LogP contribution in [0, 0.1) is 10.1 Å². The molecule has 0 radical (unpaired) electrons. The van der Waals surface area contributed by atoms with Crippen molar-refractivity contribution in [2.75, 3.05) is 20.3 Å². The highest BCUT2D eigenvalue weighted by Gasteiger charge is 2.14. The highest BCUT2D eigenvalue weighted by molar-refractivity contribution is 5.78. The average Bonchev–Trinajstić information content (AvgIpc) is 2.64. The zero-order valence-corrected chi connectivity index (χ0v) is 14.2. The van der Waals surface area contributed by atoms with Crippen LogP contribution in [0.3, 0.4) is 0 Å². The maximum atomic E-state index is 11.7. The van der Waals surface area contributed by atoms with Gasteiger partial charge >= 0.3 is 0 Å². The van der Waals surface area contributed by atoms with Gasteiger partial charge < -0.3 is 14.8 Å². The number of methoxy groups -OCH3 is 1. The number of hydrogen-bond acceptors (Lipinski definition) is 5. The zero-order chi connectivity index (χ0) is 18.2. The molecule has 0 aliphatic heterocycles. The van der Waals surface area contributed by atoms with Crippen LogP contribution in [-0.2, 0) is 4.79 Å². The summed E-state index contributed by atoms with van der Waals surface area (Å²) in [7, 11) is 1.56. The second-order valence-electron chi connectivity index (χ2n) is 5.30. The van der Waals surface area contributed by atoms with E-state index in [1.54, 1.807) is 31.4 Å². The monoisotopic (exact) mass is 344 g/mol. The number of hydrogen-bond donors (Lipinski definition) is 1. The minimum absolute atomic E-state index is 0.0476. The molecule has 0 aliphatic rings. The number of nitrogens with zero attached hydrogens (tertiary/aromatic N) is 1. The first-order chi connectivity index (χ1) is 12.0. The van der Waals surface area contributed by atoms with Gasteiger partial charge in [-0.2, -0.15) is 0 Å². The molecule has 0 atom stereocenters. The molecule has 7 nitrogen and oxygen atoms in total. The van der Waals surface area contributed by atoms with Crippen molar-refractivity contribution >= 4 is 11.6 Å². The average molecular weight is 344 g/mol. The second kappa shape index (κ2) is 8.68. The van der Waals surface area contributed by atoms with E-state index in [1.165, 1.54) is 18.2 Å². The zero-order valence-electron chi connectivity index (χ0n) is 14.2. The minimum atomic E-state index is -0.468. The number of nitrogens with one attached hydrogen (secondary N) is 1. The predicted octanol–water partition coefficient (Wildman–Crippen LogP) is 3.18. The van der Waals surface area contributed by atoms with E-state index < -0.39 is 4.92 Å². The molecule has 0 aromatic heterocycles. The van der Waals surface area contributed by atoms with Crippen LogP contribution >= 0.6 is 0 Å². The highest BCUT2D eigenvalue weighted by atomic mass is 16.6. The third-order valence-electron chi connectivity index (χ3n) is 3.51. The molecule has 0 heterocycles. The summed E-state index contributed by atoms with van der Waals surface area (Å²) >= 11 is 0. The Hall–Kier alpha value is -3.09. The second-order valence-corrected chi connectivity index (χ2v) is 5.30. The van der Waals surface area contributed by atoms with Crippen LogP contribution in [0.25, 0.3) is 11.1 Å². The summed E-state index contributed by atoms with van der Waals surface area (Å²) in [6.07, 6.45) is 0.834. The summed E-state index contributed by atoms with van der Waals surface area (Å²) in [5.74, 6) is 0.846. The summed E-state index contributed by atoms with van der Waals surface area (Å²) in [6.45, 7) is 2.38. The van der Waals surface area contributed by atoms with E-state index in [1.807, 2.05) is 6.92 Å². The van der Waals surface area contributed by atoms with E-state index in [9.17, 15) is 14.9 Å². The fourth-order valence-corrected chi connectivity index (χ4v) is 2.21. The number of nitro benzene ring substituents is 1. The number of benzene rings is 2. The van der Waals surface area contributed by atoms with Crippen molar-refractivity contribution in [2.24, 2.45) is 0 Å². The third kappa shape index (κ3) is 4.94. The summed E-state index contributed by atoms with van der Waals surface area (Å²) in [4.78, 5) is 22.3. The maximum Gasteiger partial charge on any atom is 0.270 e. The van der Waals surface area contributed by atoms with Crippen LogP contribution in [0.1, 0.15) is 13.3 Å². The van der Waals surface area contributed by atoms with Crippen LogP contribution in [0.4, 0.5) is 5.69 Å². The molecule has 1 N–H and O–H groups in total. The first-order valence-electron chi connectivity index (χ1n) is 7.87. The van der Waals surface area contributed by atoms with Gasteiger partial charge in [0.1, 0.15) is 11.5 Å². The highest BCUT2D eigenvalue weighted by Crippen LogP contribution is 2.34. The van der Waals surface area contributed by atoms with Gasteiger partial charge in [0.25, 0.3) is 11.6 Å². The van der Waals surface area contributed by atoms with Gasteiger partial charge in [0.15, 0.2) is 6.61 Å². The van der Waals surface area contributed by atoms with E-state index in [0.717, 1.165) is 12.0 Å². The molecule has 2 rings (SSSR count). The van der Waals surface area contributed by atoms with Crippen molar-refractivity contribution in [3.63, 3.8) is 0 Å². The molecule has 0 aliphatic carbocycles. The Bertz CT molecular complexity index is 744. The van der Waals surface area contributed by atoms with Crippen molar-refractivity contribution < 1.29 is 19.2 Å². The SMILES string of the molecule is CCCNC(=O)COc1ccc([N+](=O)[O-])cc1-c1ccc(OC)cc1. The molecule has 2 aromatic carbocycles. The number of carbonyl (C=O) groups excluding carboxylic acids is 1. The summed E-state index contributed by atoms with van der Waals surface area (Å²) in [6, 6.07) is 11.4. The fraction of sp³-hybridized carbons (Fsp3) is 0.278. The van der Waals surface area contributed by atoms with Crippen molar-refractivity contribution in [3.05, 3.63) is 52.6 Å². The van der Waals surface area contributed by atoms with Gasteiger partial charge in [-0.1, -0.05) is 19.1 Å². The van der Waals surface area contributed by atoms with E-state index in [2.05, 4.69) is 5.32 Å². The lowest BCUT2D eigenvalue weighted by molar-refractivity contribution is -0.384. The number of amides is 1. The molecule has 2 aromatic rings. The molecular formula is C18H20N2O5. The van der Waals surface area contributed by atoms with Crippen molar-refractivity contribution in [1.29, 1.82) is 0 Å². The Morgan fingerprint density at radius 1 is 1.20 bits per heavy atom.